The second-order valence-electron chi connectivity index (χ2n) is 5.16. The Hall–Kier alpha value is -1.00. The molecule has 0 spiro atoms. The van der Waals surface area contributed by atoms with Gasteiger partial charge in [-0.15, -0.1) is 0 Å². The summed E-state index contributed by atoms with van der Waals surface area (Å²) < 4.78 is 27.1. The van der Waals surface area contributed by atoms with Gasteiger partial charge in [0, 0.05) is 18.7 Å². The summed E-state index contributed by atoms with van der Waals surface area (Å²) in [6, 6.07) is 3.38. The van der Waals surface area contributed by atoms with Gasteiger partial charge in [0.2, 0.25) is 0 Å². The lowest BCUT2D eigenvalue weighted by molar-refractivity contribution is 0.130. The van der Waals surface area contributed by atoms with Gasteiger partial charge in [0.15, 0.2) is 0 Å². The van der Waals surface area contributed by atoms with E-state index < -0.39 is 5.82 Å². The quantitative estimate of drug-likeness (QED) is 0.898. The van der Waals surface area contributed by atoms with Gasteiger partial charge in [-0.25, -0.2) is 8.78 Å². The van der Waals surface area contributed by atoms with Crippen LogP contribution in [-0.4, -0.2) is 24.5 Å². The highest BCUT2D eigenvalue weighted by Crippen LogP contribution is 2.28. The van der Waals surface area contributed by atoms with Crippen molar-refractivity contribution < 1.29 is 8.78 Å². The number of nitrogens with two attached hydrogens (primary N) is 1. The van der Waals surface area contributed by atoms with Crippen LogP contribution in [0.5, 0.6) is 0 Å². The molecular weight excluding hydrogens is 234 g/mol. The van der Waals surface area contributed by atoms with Crippen LogP contribution in [0.3, 0.4) is 0 Å². The van der Waals surface area contributed by atoms with Crippen molar-refractivity contribution in [1.29, 1.82) is 0 Å². The van der Waals surface area contributed by atoms with Crippen molar-refractivity contribution in [2.45, 2.75) is 25.8 Å². The molecule has 2 rings (SSSR count). The van der Waals surface area contributed by atoms with Crippen LogP contribution >= 0.6 is 0 Å². The molecule has 0 aliphatic carbocycles. The lowest BCUT2D eigenvalue weighted by Crippen LogP contribution is -2.40. The van der Waals surface area contributed by atoms with E-state index in [9.17, 15) is 8.78 Å². The molecule has 2 N–H and O–H groups in total. The number of hydrogen-bond donors (Lipinski definition) is 1. The summed E-state index contributed by atoms with van der Waals surface area (Å²) in [5, 5.41) is 0. The van der Waals surface area contributed by atoms with E-state index in [0.717, 1.165) is 25.6 Å². The summed E-state index contributed by atoms with van der Waals surface area (Å²) in [5.74, 6) is -0.190. The number of piperidine rings is 1. The van der Waals surface area contributed by atoms with E-state index in [1.807, 2.05) is 0 Å². The molecule has 1 aliphatic heterocycles. The maximum Gasteiger partial charge on any atom is 0.128 e. The first-order chi connectivity index (χ1) is 8.61. The van der Waals surface area contributed by atoms with Gasteiger partial charge in [0.25, 0.3) is 0 Å². The molecule has 1 fully saturated rings. The molecular formula is C14H20F2N2. The molecule has 1 saturated heterocycles. The largest absolute Gasteiger partial charge is 0.329 e. The number of rotatable bonds is 3. The van der Waals surface area contributed by atoms with E-state index in [1.54, 1.807) is 0 Å². The van der Waals surface area contributed by atoms with Gasteiger partial charge >= 0.3 is 0 Å². The van der Waals surface area contributed by atoms with Gasteiger partial charge < -0.3 is 5.73 Å². The molecule has 0 saturated carbocycles. The number of halogens is 2. The molecule has 1 aromatic rings. The first-order valence-corrected chi connectivity index (χ1v) is 6.51. The Morgan fingerprint density at radius 2 is 2.22 bits per heavy atom. The van der Waals surface area contributed by atoms with Crippen molar-refractivity contribution in [2.75, 3.05) is 19.6 Å². The number of nitrogens with zero attached hydrogens (tertiary/aromatic N) is 1. The van der Waals surface area contributed by atoms with Crippen LogP contribution < -0.4 is 5.73 Å². The van der Waals surface area contributed by atoms with E-state index in [1.165, 1.54) is 18.6 Å². The van der Waals surface area contributed by atoms with Crippen LogP contribution in [0.1, 0.15) is 31.4 Å². The third kappa shape index (κ3) is 2.87. The van der Waals surface area contributed by atoms with Crippen molar-refractivity contribution in [3.05, 3.63) is 35.4 Å². The Balaban J connectivity index is 2.24. The van der Waals surface area contributed by atoms with E-state index in [2.05, 4.69) is 11.8 Å². The number of likely N-dealkylation sites (tertiary alicyclic amines) is 1. The molecule has 1 aliphatic rings. The molecule has 0 aromatic heterocycles. The molecule has 2 nitrogen and oxygen atoms in total. The summed E-state index contributed by atoms with van der Waals surface area (Å²) in [6.07, 6.45) is 2.29. The van der Waals surface area contributed by atoms with Crippen LogP contribution in [0.25, 0.3) is 0 Å². The summed E-state index contributed by atoms with van der Waals surface area (Å²) in [5.41, 5.74) is 6.15. The van der Waals surface area contributed by atoms with Crippen LogP contribution in [0, 0.1) is 17.6 Å². The van der Waals surface area contributed by atoms with E-state index in [4.69, 9.17) is 5.73 Å². The molecule has 0 radical (unpaired) electrons. The smallest absolute Gasteiger partial charge is 0.128 e. The minimum Gasteiger partial charge on any atom is -0.329 e. The molecule has 0 amide bonds. The fraction of sp³-hybridized carbons (Fsp3) is 0.571. The van der Waals surface area contributed by atoms with Crippen LogP contribution in [0.15, 0.2) is 18.2 Å². The predicted molar refractivity (Wildman–Crippen MR) is 68.1 cm³/mol. The maximum absolute atomic E-state index is 13.8. The third-order valence-corrected chi connectivity index (χ3v) is 3.67. The lowest BCUT2D eigenvalue weighted by Gasteiger charge is -2.37. The van der Waals surface area contributed by atoms with Gasteiger partial charge in [-0.2, -0.15) is 0 Å². The summed E-state index contributed by atoms with van der Waals surface area (Å²) >= 11 is 0. The summed E-state index contributed by atoms with van der Waals surface area (Å²) in [7, 11) is 0. The minimum absolute atomic E-state index is 0.219. The molecule has 4 heteroatoms. The fourth-order valence-corrected chi connectivity index (χ4v) is 2.75. The van der Waals surface area contributed by atoms with Crippen molar-refractivity contribution in [3.8, 4) is 0 Å². The van der Waals surface area contributed by atoms with Gasteiger partial charge in [-0.1, -0.05) is 6.92 Å². The fourth-order valence-electron chi connectivity index (χ4n) is 2.75. The standard InChI is InChI=1S/C14H20F2N2/c1-10-3-2-6-18(9-10)14(8-17)12-7-11(15)4-5-13(12)16/h4-5,7,10,14H,2-3,6,8-9,17H2,1H3/t10-,14-/m0/s1. The molecule has 0 unspecified atom stereocenters. The normalized spacial score (nSPS) is 23.0. The highest BCUT2D eigenvalue weighted by molar-refractivity contribution is 5.23. The van der Waals surface area contributed by atoms with Crippen molar-refractivity contribution >= 4 is 0 Å². The maximum atomic E-state index is 13.8. The molecule has 1 heterocycles. The molecule has 1 aromatic carbocycles. The Kier molecular flexibility index (Phi) is 4.30. The van der Waals surface area contributed by atoms with Crippen LogP contribution in [0.2, 0.25) is 0 Å². The SMILES string of the molecule is C[C@H]1CCCN([C@@H](CN)c2cc(F)ccc2F)C1. The topological polar surface area (TPSA) is 29.3 Å². The van der Waals surface area contributed by atoms with Gasteiger partial charge in [0.1, 0.15) is 11.6 Å². The monoisotopic (exact) mass is 254 g/mol. The summed E-state index contributed by atoms with van der Waals surface area (Å²) in [4.78, 5) is 2.17. The van der Waals surface area contributed by atoms with Crippen molar-refractivity contribution in [3.63, 3.8) is 0 Å². The zero-order valence-corrected chi connectivity index (χ0v) is 10.7. The second kappa shape index (κ2) is 5.76. The number of hydrogen-bond acceptors (Lipinski definition) is 2. The zero-order valence-electron chi connectivity index (χ0n) is 10.7. The van der Waals surface area contributed by atoms with E-state index in [0.29, 0.717) is 18.0 Å². The average Bonchev–Trinajstić information content (AvgIpc) is 2.35. The average molecular weight is 254 g/mol. The highest BCUT2D eigenvalue weighted by atomic mass is 19.1. The lowest BCUT2D eigenvalue weighted by atomic mass is 9.96. The minimum atomic E-state index is -0.407. The van der Waals surface area contributed by atoms with E-state index >= 15 is 0 Å². The van der Waals surface area contributed by atoms with Crippen molar-refractivity contribution in [1.82, 2.24) is 4.90 Å². The van der Waals surface area contributed by atoms with Gasteiger partial charge in [-0.3, -0.25) is 4.90 Å². The van der Waals surface area contributed by atoms with E-state index in [-0.39, 0.29) is 11.9 Å². The van der Waals surface area contributed by atoms with Crippen LogP contribution in [0.4, 0.5) is 8.78 Å². The first kappa shape index (κ1) is 13.4. The third-order valence-electron chi connectivity index (χ3n) is 3.67. The Morgan fingerprint density at radius 3 is 2.89 bits per heavy atom. The Morgan fingerprint density at radius 1 is 1.44 bits per heavy atom. The zero-order chi connectivity index (χ0) is 13.1. The predicted octanol–water partition coefficient (Wildman–Crippen LogP) is 2.70. The van der Waals surface area contributed by atoms with Gasteiger partial charge in [-0.05, 0) is 43.5 Å². The first-order valence-electron chi connectivity index (χ1n) is 6.51. The van der Waals surface area contributed by atoms with Crippen LogP contribution in [-0.2, 0) is 0 Å². The molecule has 0 bridgehead atoms. The number of benzene rings is 1. The Labute approximate surface area is 107 Å². The summed E-state index contributed by atoms with van der Waals surface area (Å²) in [6.45, 7) is 4.30. The molecule has 2 atom stereocenters. The highest BCUT2D eigenvalue weighted by Gasteiger charge is 2.26. The Bertz CT molecular complexity index is 409. The van der Waals surface area contributed by atoms with Crippen molar-refractivity contribution in [2.24, 2.45) is 11.7 Å². The van der Waals surface area contributed by atoms with Gasteiger partial charge in [0.05, 0.1) is 6.04 Å². The molecule has 18 heavy (non-hydrogen) atoms. The molecule has 100 valence electrons. The second-order valence-corrected chi connectivity index (χ2v) is 5.16.